The molecule has 1 aromatic carbocycles. The summed E-state index contributed by atoms with van der Waals surface area (Å²) in [6, 6.07) is 6.45. The lowest BCUT2D eigenvalue weighted by molar-refractivity contribution is -0.116. The third kappa shape index (κ3) is 3.76. The fourth-order valence-corrected chi connectivity index (χ4v) is 2.83. The fourth-order valence-electron chi connectivity index (χ4n) is 2.83. The summed E-state index contributed by atoms with van der Waals surface area (Å²) in [6.07, 6.45) is 5.17. The molecule has 1 aliphatic carbocycles. The van der Waals surface area contributed by atoms with E-state index in [2.05, 4.69) is 23.6 Å². The van der Waals surface area contributed by atoms with Crippen molar-refractivity contribution in [1.82, 2.24) is 5.32 Å². The molecule has 1 amide bonds. The lowest BCUT2D eigenvalue weighted by Crippen LogP contribution is -2.37. The second kappa shape index (κ2) is 6.48. The molecule has 0 aromatic heterocycles. The average Bonchev–Trinajstić information content (AvgIpc) is 3.32. The number of carbonyl (C=O) groups is 1. The molecule has 1 saturated carbocycles. The smallest absolute Gasteiger partial charge is 0.224 e. The highest BCUT2D eigenvalue weighted by Crippen LogP contribution is 2.33. The van der Waals surface area contributed by atoms with Crippen LogP contribution in [0.1, 0.15) is 38.2 Å². The van der Waals surface area contributed by atoms with Crippen molar-refractivity contribution in [2.75, 3.05) is 18.5 Å². The van der Waals surface area contributed by atoms with E-state index in [1.54, 1.807) is 0 Å². The Morgan fingerprint density at radius 3 is 3.00 bits per heavy atom. The van der Waals surface area contributed by atoms with Gasteiger partial charge in [0.2, 0.25) is 5.91 Å². The van der Waals surface area contributed by atoms with Crippen LogP contribution < -0.4 is 15.4 Å². The maximum absolute atomic E-state index is 11.4. The minimum Gasteiger partial charge on any atom is -0.492 e. The normalized spacial score (nSPS) is 18.8. The van der Waals surface area contributed by atoms with Gasteiger partial charge in [0, 0.05) is 18.2 Å². The summed E-state index contributed by atoms with van der Waals surface area (Å²) in [4.78, 5) is 11.4. The van der Waals surface area contributed by atoms with Crippen LogP contribution in [0, 0.1) is 5.92 Å². The van der Waals surface area contributed by atoms with Crippen LogP contribution in [0.5, 0.6) is 5.75 Å². The molecular weight excluding hydrogens is 264 g/mol. The van der Waals surface area contributed by atoms with E-state index >= 15 is 0 Å². The molecule has 0 spiro atoms. The van der Waals surface area contributed by atoms with E-state index in [1.807, 2.05) is 12.1 Å². The van der Waals surface area contributed by atoms with E-state index < -0.39 is 0 Å². The second-order valence-corrected chi connectivity index (χ2v) is 6.08. The van der Waals surface area contributed by atoms with Gasteiger partial charge in [-0.2, -0.15) is 0 Å². The van der Waals surface area contributed by atoms with Gasteiger partial charge in [0.1, 0.15) is 12.4 Å². The van der Waals surface area contributed by atoms with Gasteiger partial charge in [-0.3, -0.25) is 4.79 Å². The number of fused-ring (bicyclic) bond motifs is 1. The summed E-state index contributed by atoms with van der Waals surface area (Å²) in [5, 5.41) is 6.49. The molecule has 1 fully saturated rings. The van der Waals surface area contributed by atoms with E-state index in [1.165, 1.54) is 18.4 Å². The number of nitrogens with one attached hydrogen (secondary N) is 2. The van der Waals surface area contributed by atoms with Crippen molar-refractivity contribution < 1.29 is 9.53 Å². The first kappa shape index (κ1) is 14.4. The Kier molecular flexibility index (Phi) is 4.44. The van der Waals surface area contributed by atoms with E-state index in [4.69, 9.17) is 4.74 Å². The van der Waals surface area contributed by atoms with E-state index in [0.717, 1.165) is 43.3 Å². The third-order valence-electron chi connectivity index (χ3n) is 4.25. The number of ether oxygens (including phenoxy) is 1. The van der Waals surface area contributed by atoms with Crippen LogP contribution in [0.2, 0.25) is 0 Å². The Labute approximate surface area is 126 Å². The molecule has 2 N–H and O–H groups in total. The van der Waals surface area contributed by atoms with Crippen molar-refractivity contribution in [2.45, 2.75) is 45.1 Å². The quantitative estimate of drug-likeness (QED) is 0.811. The molecule has 1 aromatic rings. The third-order valence-corrected chi connectivity index (χ3v) is 4.25. The number of hydrogen-bond donors (Lipinski definition) is 2. The van der Waals surface area contributed by atoms with Gasteiger partial charge in [-0.15, -0.1) is 0 Å². The maximum Gasteiger partial charge on any atom is 0.224 e. The SMILES string of the molecule is CCCNC(COc1ccc2c(c1)CCC(=O)N2)C1CC1. The number of amides is 1. The lowest BCUT2D eigenvalue weighted by Gasteiger charge is -2.21. The first-order chi connectivity index (χ1) is 10.3. The zero-order chi connectivity index (χ0) is 14.7. The van der Waals surface area contributed by atoms with E-state index in [0.29, 0.717) is 12.5 Å². The van der Waals surface area contributed by atoms with Crippen LogP contribution in [-0.2, 0) is 11.2 Å². The number of benzene rings is 1. The van der Waals surface area contributed by atoms with Crippen LogP contribution in [0.25, 0.3) is 0 Å². The second-order valence-electron chi connectivity index (χ2n) is 6.08. The van der Waals surface area contributed by atoms with Crippen LogP contribution in [0.3, 0.4) is 0 Å². The molecule has 4 heteroatoms. The summed E-state index contributed by atoms with van der Waals surface area (Å²) in [5.41, 5.74) is 2.11. The molecule has 0 saturated heterocycles. The van der Waals surface area contributed by atoms with Crippen LogP contribution in [0.4, 0.5) is 5.69 Å². The highest BCUT2D eigenvalue weighted by Gasteiger charge is 2.31. The molecule has 1 unspecified atom stereocenters. The highest BCUT2D eigenvalue weighted by molar-refractivity contribution is 5.93. The van der Waals surface area contributed by atoms with E-state index in [-0.39, 0.29) is 5.91 Å². The number of aryl methyl sites for hydroxylation is 1. The molecule has 1 heterocycles. The summed E-state index contributed by atoms with van der Waals surface area (Å²) in [7, 11) is 0. The molecule has 1 aliphatic heterocycles. The van der Waals surface area contributed by atoms with Crippen molar-refractivity contribution >= 4 is 11.6 Å². The highest BCUT2D eigenvalue weighted by atomic mass is 16.5. The minimum absolute atomic E-state index is 0.105. The number of carbonyl (C=O) groups excluding carboxylic acids is 1. The number of rotatable bonds is 7. The Morgan fingerprint density at radius 2 is 2.24 bits per heavy atom. The molecule has 4 nitrogen and oxygen atoms in total. The van der Waals surface area contributed by atoms with Gasteiger partial charge in [0.05, 0.1) is 0 Å². The van der Waals surface area contributed by atoms with Crippen molar-refractivity contribution in [3.8, 4) is 5.75 Å². The molecule has 0 radical (unpaired) electrons. The summed E-state index contributed by atoms with van der Waals surface area (Å²) in [6.45, 7) is 3.98. The summed E-state index contributed by atoms with van der Waals surface area (Å²) >= 11 is 0. The van der Waals surface area contributed by atoms with Crippen molar-refractivity contribution in [3.05, 3.63) is 23.8 Å². The first-order valence-electron chi connectivity index (χ1n) is 8.05. The van der Waals surface area contributed by atoms with Gasteiger partial charge < -0.3 is 15.4 Å². The zero-order valence-corrected chi connectivity index (χ0v) is 12.7. The van der Waals surface area contributed by atoms with Gasteiger partial charge >= 0.3 is 0 Å². The van der Waals surface area contributed by atoms with Gasteiger partial charge in [0.25, 0.3) is 0 Å². The standard InChI is InChI=1S/C17H24N2O2/c1-2-9-18-16(12-3-4-12)11-21-14-6-7-15-13(10-14)5-8-17(20)19-15/h6-7,10,12,16,18H,2-5,8-9,11H2,1H3,(H,19,20). The summed E-state index contributed by atoms with van der Waals surface area (Å²) < 4.78 is 5.98. The van der Waals surface area contributed by atoms with Crippen LogP contribution >= 0.6 is 0 Å². The van der Waals surface area contributed by atoms with Crippen molar-refractivity contribution in [2.24, 2.45) is 5.92 Å². The summed E-state index contributed by atoms with van der Waals surface area (Å²) in [5.74, 6) is 1.80. The van der Waals surface area contributed by atoms with Gasteiger partial charge in [0.15, 0.2) is 0 Å². The minimum atomic E-state index is 0.105. The predicted molar refractivity (Wildman–Crippen MR) is 83.7 cm³/mol. The first-order valence-corrected chi connectivity index (χ1v) is 8.05. The molecule has 1 atom stereocenters. The topological polar surface area (TPSA) is 50.4 Å². The monoisotopic (exact) mass is 288 g/mol. The van der Waals surface area contributed by atoms with Gasteiger partial charge in [-0.1, -0.05) is 6.92 Å². The van der Waals surface area contributed by atoms with E-state index in [9.17, 15) is 4.79 Å². The average molecular weight is 288 g/mol. The number of hydrogen-bond acceptors (Lipinski definition) is 3. The largest absolute Gasteiger partial charge is 0.492 e. The fraction of sp³-hybridized carbons (Fsp3) is 0.588. The number of anilines is 1. The Bertz CT molecular complexity index is 512. The lowest BCUT2D eigenvalue weighted by atomic mass is 10.0. The molecule has 2 aliphatic rings. The molecule has 0 bridgehead atoms. The van der Waals surface area contributed by atoms with Crippen molar-refractivity contribution in [1.29, 1.82) is 0 Å². The van der Waals surface area contributed by atoms with Gasteiger partial charge in [-0.25, -0.2) is 0 Å². The predicted octanol–water partition coefficient (Wildman–Crippen LogP) is 2.73. The maximum atomic E-state index is 11.4. The molecule has 3 rings (SSSR count). The Balaban J connectivity index is 1.58. The molecular formula is C17H24N2O2. The Hall–Kier alpha value is -1.55. The Morgan fingerprint density at radius 1 is 1.38 bits per heavy atom. The zero-order valence-electron chi connectivity index (χ0n) is 12.7. The van der Waals surface area contributed by atoms with Crippen LogP contribution in [-0.4, -0.2) is 25.1 Å². The van der Waals surface area contributed by atoms with Gasteiger partial charge in [-0.05, 0) is 61.9 Å². The van der Waals surface area contributed by atoms with Crippen LogP contribution in [0.15, 0.2) is 18.2 Å². The van der Waals surface area contributed by atoms with Crippen molar-refractivity contribution in [3.63, 3.8) is 0 Å². The molecule has 21 heavy (non-hydrogen) atoms. The molecule has 114 valence electrons.